The summed E-state index contributed by atoms with van der Waals surface area (Å²) < 4.78 is 3.69. The Balaban J connectivity index is 0.000000490. The van der Waals surface area contributed by atoms with Crippen molar-refractivity contribution in [3.63, 3.8) is 0 Å². The average Bonchev–Trinajstić information content (AvgIpc) is 1.87. The molecule has 0 unspecified atom stereocenters. The van der Waals surface area contributed by atoms with Gasteiger partial charge in [-0.05, 0) is 7.05 Å². The van der Waals surface area contributed by atoms with Crippen molar-refractivity contribution in [2.45, 2.75) is 0 Å². The smallest absolute Gasteiger partial charge is 0.141 e. The van der Waals surface area contributed by atoms with Gasteiger partial charge in [-0.1, -0.05) is 0 Å². The summed E-state index contributed by atoms with van der Waals surface area (Å²) in [6.45, 7) is 0. The minimum Gasteiger partial charge on any atom is -0.374 e. The third-order valence-electron chi connectivity index (χ3n) is 0.824. The largest absolute Gasteiger partial charge is 0.374 e. The first-order valence-electron chi connectivity index (χ1n) is 2.13. The molecule has 8 heavy (non-hydrogen) atoms. The van der Waals surface area contributed by atoms with Crippen LogP contribution in [0.1, 0.15) is 0 Å². The molecule has 3 heteroatoms. The van der Waals surface area contributed by atoms with E-state index in [1.54, 1.807) is 4.57 Å². The van der Waals surface area contributed by atoms with Gasteiger partial charge in [0.05, 0.1) is 13.2 Å². The molecule has 1 rings (SSSR count). The standard InChI is InChI=1S/C5H8N2.Y/c1-6-3-4-7(2)5-6;/h3-5H,1H2,2H3;. The fraction of sp³-hybridized carbons (Fsp3) is 0.200. The Morgan fingerprint density at radius 1 is 1.62 bits per heavy atom. The number of aryl methyl sites for hydroxylation is 1. The van der Waals surface area contributed by atoms with E-state index in [1.807, 2.05) is 30.3 Å². The Bertz CT molecular complexity index is 143. The van der Waals surface area contributed by atoms with Gasteiger partial charge in [-0.2, -0.15) is 0 Å². The van der Waals surface area contributed by atoms with E-state index < -0.39 is 0 Å². The topological polar surface area (TPSA) is 8.81 Å². The third kappa shape index (κ3) is 1.97. The molecule has 41 valence electrons. The van der Waals surface area contributed by atoms with E-state index in [0.717, 1.165) is 0 Å². The molecule has 1 heterocycles. The van der Waals surface area contributed by atoms with Gasteiger partial charge >= 0.3 is 0 Å². The van der Waals surface area contributed by atoms with E-state index in [-0.39, 0.29) is 32.7 Å². The number of imidazole rings is 1. The van der Waals surface area contributed by atoms with Crippen molar-refractivity contribution in [3.8, 4) is 0 Å². The minimum absolute atomic E-state index is 0. The molecule has 0 spiro atoms. The second kappa shape index (κ2) is 3.26. The van der Waals surface area contributed by atoms with E-state index >= 15 is 0 Å². The van der Waals surface area contributed by atoms with E-state index in [9.17, 15) is 0 Å². The predicted molar refractivity (Wildman–Crippen MR) is 26.4 cm³/mol. The summed E-state index contributed by atoms with van der Waals surface area (Å²) >= 11 is 0. The molecule has 0 N–H and O–H groups in total. The van der Waals surface area contributed by atoms with Gasteiger partial charge in [-0.25, -0.2) is 0 Å². The summed E-state index contributed by atoms with van der Waals surface area (Å²) in [5.74, 6) is 0. The van der Waals surface area contributed by atoms with Crippen LogP contribution in [0.5, 0.6) is 0 Å². The first-order chi connectivity index (χ1) is 3.29. The van der Waals surface area contributed by atoms with Crippen molar-refractivity contribution >= 4 is 0 Å². The molecule has 0 atom stereocenters. The minimum atomic E-state index is 0. The van der Waals surface area contributed by atoms with Crippen LogP contribution in [-0.4, -0.2) is 4.57 Å². The Kier molecular flexibility index (Phi) is 3.33. The van der Waals surface area contributed by atoms with Gasteiger partial charge in [0, 0.05) is 38.9 Å². The maximum absolute atomic E-state index is 3.64. The summed E-state index contributed by atoms with van der Waals surface area (Å²) in [4.78, 5) is 0. The Labute approximate surface area is 74.4 Å². The average molecular weight is 185 g/mol. The fourth-order valence-corrected chi connectivity index (χ4v) is 0.502. The zero-order chi connectivity index (χ0) is 5.28. The number of aromatic nitrogens is 2. The van der Waals surface area contributed by atoms with Crippen LogP contribution in [0.25, 0.3) is 0 Å². The molecule has 0 amide bonds. The predicted octanol–water partition coefficient (Wildman–Crippen LogP) is -0.0502. The molecule has 1 aromatic heterocycles. The van der Waals surface area contributed by atoms with Crippen molar-refractivity contribution < 1.29 is 37.3 Å². The van der Waals surface area contributed by atoms with E-state index in [2.05, 4.69) is 7.05 Å². The summed E-state index contributed by atoms with van der Waals surface area (Å²) in [6.07, 6.45) is 5.72. The molecule has 0 aromatic carbocycles. The fourth-order valence-electron chi connectivity index (χ4n) is 0.502. The van der Waals surface area contributed by atoms with E-state index in [0.29, 0.717) is 0 Å². The third-order valence-corrected chi connectivity index (χ3v) is 0.824. The second-order valence-corrected chi connectivity index (χ2v) is 1.59. The molecule has 0 fully saturated rings. The normalized spacial score (nSPS) is 8.12. The van der Waals surface area contributed by atoms with Gasteiger partial charge in [-0.15, -0.1) is 0 Å². The maximum atomic E-state index is 3.64. The summed E-state index contributed by atoms with van der Waals surface area (Å²) in [5.41, 5.74) is 0. The van der Waals surface area contributed by atoms with Crippen LogP contribution in [0.4, 0.5) is 0 Å². The van der Waals surface area contributed by atoms with Gasteiger partial charge in [-0.3, -0.25) is 0 Å². The van der Waals surface area contributed by atoms with Crippen molar-refractivity contribution in [3.05, 3.63) is 25.8 Å². The molecule has 0 aliphatic rings. The SMILES string of the molecule is [CH2-][n+]1ccn(C)c1.[Y]. The van der Waals surface area contributed by atoms with Gasteiger partial charge in [0.25, 0.3) is 0 Å². The molecule has 1 radical (unpaired) electrons. The number of rotatable bonds is 0. The Hall–Kier alpha value is 0.184. The summed E-state index contributed by atoms with van der Waals surface area (Å²) in [7, 11) is 5.60. The number of hydrogen-bond donors (Lipinski definition) is 0. The molecule has 2 nitrogen and oxygen atoms in total. The van der Waals surface area contributed by atoms with E-state index in [1.165, 1.54) is 0 Å². The first kappa shape index (κ1) is 8.18. The van der Waals surface area contributed by atoms with Gasteiger partial charge < -0.3 is 9.13 Å². The summed E-state index contributed by atoms with van der Waals surface area (Å²) in [6, 6.07) is 0. The van der Waals surface area contributed by atoms with Gasteiger partial charge in [0.2, 0.25) is 0 Å². The van der Waals surface area contributed by atoms with Crippen LogP contribution in [0, 0.1) is 7.05 Å². The number of nitrogens with zero attached hydrogens (tertiary/aromatic N) is 2. The van der Waals surface area contributed by atoms with Gasteiger partial charge in [0.15, 0.2) is 0 Å². The molecule has 0 saturated heterocycles. The van der Waals surface area contributed by atoms with Crippen molar-refractivity contribution in [1.82, 2.24) is 4.57 Å². The Morgan fingerprint density at radius 2 is 2.25 bits per heavy atom. The second-order valence-electron chi connectivity index (χ2n) is 1.59. The maximum Gasteiger partial charge on any atom is 0.141 e. The molecular formula is C5H8N2Y. The zero-order valence-corrected chi connectivity index (χ0v) is 7.75. The van der Waals surface area contributed by atoms with Gasteiger partial charge in [0.1, 0.15) is 6.33 Å². The van der Waals surface area contributed by atoms with Crippen molar-refractivity contribution in [2.24, 2.45) is 7.05 Å². The van der Waals surface area contributed by atoms with Crippen LogP contribution in [0.15, 0.2) is 18.7 Å². The zero-order valence-electron chi connectivity index (χ0n) is 4.91. The van der Waals surface area contributed by atoms with Crippen LogP contribution >= 0.6 is 0 Å². The Morgan fingerprint density at radius 3 is 2.38 bits per heavy atom. The quantitative estimate of drug-likeness (QED) is 0.395. The molecule has 0 saturated carbocycles. The first-order valence-corrected chi connectivity index (χ1v) is 2.13. The van der Waals surface area contributed by atoms with E-state index in [4.69, 9.17) is 0 Å². The molecular weight excluding hydrogens is 177 g/mol. The molecule has 0 aliphatic heterocycles. The van der Waals surface area contributed by atoms with Crippen LogP contribution in [-0.2, 0) is 39.8 Å². The van der Waals surface area contributed by atoms with Crippen LogP contribution in [0.2, 0.25) is 0 Å². The van der Waals surface area contributed by atoms with Crippen LogP contribution < -0.4 is 4.57 Å². The van der Waals surface area contributed by atoms with Crippen molar-refractivity contribution in [1.29, 1.82) is 0 Å². The van der Waals surface area contributed by atoms with Crippen molar-refractivity contribution in [2.75, 3.05) is 0 Å². The summed E-state index contributed by atoms with van der Waals surface area (Å²) in [5, 5.41) is 0. The molecule has 0 bridgehead atoms. The molecule has 1 aromatic rings. The van der Waals surface area contributed by atoms with Crippen LogP contribution in [0.3, 0.4) is 0 Å². The number of hydrogen-bond acceptors (Lipinski definition) is 0. The monoisotopic (exact) mass is 185 g/mol. The molecule has 0 aliphatic carbocycles.